The predicted molar refractivity (Wildman–Crippen MR) is 121 cm³/mol. The van der Waals surface area contributed by atoms with E-state index >= 15 is 0 Å². The maximum absolute atomic E-state index is 12.4. The number of nitrogens with one attached hydrogen (secondary N) is 1. The summed E-state index contributed by atoms with van der Waals surface area (Å²) in [5.41, 5.74) is 6.45. The van der Waals surface area contributed by atoms with E-state index in [9.17, 15) is 9.59 Å². The molecule has 160 valence electrons. The predicted octanol–water partition coefficient (Wildman–Crippen LogP) is 4.09. The van der Waals surface area contributed by atoms with Gasteiger partial charge in [0, 0.05) is 5.56 Å². The lowest BCUT2D eigenvalue weighted by atomic mass is 10.0. The van der Waals surface area contributed by atoms with E-state index in [1.807, 2.05) is 56.3 Å². The molecule has 0 aliphatic carbocycles. The van der Waals surface area contributed by atoms with Gasteiger partial charge in [-0.1, -0.05) is 54.1 Å². The Balaban J connectivity index is 1.76. The van der Waals surface area contributed by atoms with Crippen molar-refractivity contribution < 1.29 is 19.1 Å². The van der Waals surface area contributed by atoms with Gasteiger partial charge in [0.15, 0.2) is 6.61 Å². The number of benzene rings is 3. The molecule has 3 aromatic carbocycles. The van der Waals surface area contributed by atoms with E-state index in [1.165, 1.54) is 0 Å². The minimum absolute atomic E-state index is 0.202. The van der Waals surface area contributed by atoms with Crippen LogP contribution in [0.3, 0.4) is 0 Å². The molecule has 0 bridgehead atoms. The third-order valence-electron chi connectivity index (χ3n) is 4.81. The number of esters is 1. The fourth-order valence-corrected chi connectivity index (χ4v) is 3.30. The second kappa shape index (κ2) is 10.4. The van der Waals surface area contributed by atoms with E-state index in [0.717, 1.165) is 27.5 Å². The average Bonchev–Trinajstić information content (AvgIpc) is 2.75. The number of ether oxygens (including phenoxy) is 2. The van der Waals surface area contributed by atoms with Gasteiger partial charge in [-0.2, -0.15) is 5.10 Å². The number of carbonyl (C=O) groups is 2. The Hall–Kier alpha value is -3.67. The van der Waals surface area contributed by atoms with Crippen LogP contribution in [0.4, 0.5) is 0 Å². The Labute approximate surface area is 181 Å². The molecule has 3 rings (SSSR count). The first kappa shape index (κ1) is 22.0. The minimum atomic E-state index is -0.444. The molecule has 6 heteroatoms. The van der Waals surface area contributed by atoms with Crippen LogP contribution in [-0.2, 0) is 20.7 Å². The number of hydrogen-bond acceptors (Lipinski definition) is 5. The highest BCUT2D eigenvalue weighted by molar-refractivity contribution is 6.02. The molecular weight excluding hydrogens is 392 g/mol. The van der Waals surface area contributed by atoms with Crippen LogP contribution in [-0.4, -0.2) is 31.3 Å². The number of carbonyl (C=O) groups excluding carboxylic acids is 2. The number of aryl methyl sites for hydroxylation is 2. The van der Waals surface area contributed by atoms with Crippen LogP contribution >= 0.6 is 0 Å². The van der Waals surface area contributed by atoms with Crippen molar-refractivity contribution in [2.45, 2.75) is 27.2 Å². The topological polar surface area (TPSA) is 77.0 Å². The largest absolute Gasteiger partial charge is 0.481 e. The van der Waals surface area contributed by atoms with E-state index in [2.05, 4.69) is 16.6 Å². The van der Waals surface area contributed by atoms with Gasteiger partial charge in [0.25, 0.3) is 0 Å². The SMILES string of the molecule is CCOC(=O)COc1ccc2ccccc2c1/C=N\NC(=O)Cc1ccc(C)cc1C. The van der Waals surface area contributed by atoms with Gasteiger partial charge in [-0.25, -0.2) is 10.2 Å². The summed E-state index contributed by atoms with van der Waals surface area (Å²) in [5.74, 6) is -0.170. The van der Waals surface area contributed by atoms with E-state index < -0.39 is 5.97 Å². The first-order valence-corrected chi connectivity index (χ1v) is 10.2. The van der Waals surface area contributed by atoms with Gasteiger partial charge in [-0.15, -0.1) is 0 Å². The summed E-state index contributed by atoms with van der Waals surface area (Å²) in [5, 5.41) is 6.03. The normalized spacial score (nSPS) is 10.9. The highest BCUT2D eigenvalue weighted by Crippen LogP contribution is 2.26. The van der Waals surface area contributed by atoms with Crippen molar-refractivity contribution in [3.8, 4) is 5.75 Å². The molecule has 6 nitrogen and oxygen atoms in total. The molecular formula is C25H26N2O4. The van der Waals surface area contributed by atoms with Gasteiger partial charge in [-0.05, 0) is 48.7 Å². The molecule has 3 aromatic rings. The fraction of sp³-hybridized carbons (Fsp3) is 0.240. The summed E-state index contributed by atoms with van der Waals surface area (Å²) < 4.78 is 10.6. The van der Waals surface area contributed by atoms with Gasteiger partial charge in [-0.3, -0.25) is 4.79 Å². The van der Waals surface area contributed by atoms with E-state index in [-0.39, 0.29) is 18.9 Å². The molecule has 0 saturated heterocycles. The smallest absolute Gasteiger partial charge is 0.344 e. The third kappa shape index (κ3) is 5.92. The zero-order valence-corrected chi connectivity index (χ0v) is 18.0. The average molecular weight is 418 g/mol. The molecule has 0 aromatic heterocycles. The van der Waals surface area contributed by atoms with Crippen LogP contribution in [0.1, 0.15) is 29.2 Å². The van der Waals surface area contributed by atoms with Gasteiger partial charge in [0.05, 0.1) is 19.2 Å². The molecule has 0 atom stereocenters. The molecule has 0 fully saturated rings. The Morgan fingerprint density at radius 1 is 1.06 bits per heavy atom. The van der Waals surface area contributed by atoms with Gasteiger partial charge < -0.3 is 9.47 Å². The van der Waals surface area contributed by atoms with Gasteiger partial charge >= 0.3 is 5.97 Å². The molecule has 0 aliphatic heterocycles. The quantitative estimate of drug-likeness (QED) is 0.340. The molecule has 1 amide bonds. The molecule has 1 N–H and O–H groups in total. The van der Waals surface area contributed by atoms with Crippen molar-refractivity contribution in [2.24, 2.45) is 5.10 Å². The maximum Gasteiger partial charge on any atom is 0.344 e. The van der Waals surface area contributed by atoms with Crippen LogP contribution in [0.2, 0.25) is 0 Å². The van der Waals surface area contributed by atoms with Crippen LogP contribution in [0.15, 0.2) is 59.7 Å². The molecule has 0 unspecified atom stereocenters. The third-order valence-corrected chi connectivity index (χ3v) is 4.81. The van der Waals surface area contributed by atoms with Crippen LogP contribution in [0, 0.1) is 13.8 Å². The monoisotopic (exact) mass is 418 g/mol. The fourth-order valence-electron chi connectivity index (χ4n) is 3.30. The van der Waals surface area contributed by atoms with Crippen molar-refractivity contribution in [3.63, 3.8) is 0 Å². The molecule has 0 spiro atoms. The summed E-state index contributed by atoms with van der Waals surface area (Å²) in [6, 6.07) is 17.4. The van der Waals surface area contributed by atoms with E-state index in [1.54, 1.807) is 19.2 Å². The van der Waals surface area contributed by atoms with E-state index in [4.69, 9.17) is 9.47 Å². The maximum atomic E-state index is 12.4. The molecule has 0 saturated carbocycles. The first-order valence-electron chi connectivity index (χ1n) is 10.2. The Bertz CT molecular complexity index is 1120. The number of amides is 1. The minimum Gasteiger partial charge on any atom is -0.481 e. The standard InChI is InChI=1S/C25H26N2O4/c1-4-30-25(29)16-31-23-12-11-19-7-5-6-8-21(19)22(23)15-26-27-24(28)14-20-10-9-17(2)13-18(20)3/h5-13,15H,4,14,16H2,1-3H3,(H,27,28)/b26-15-. The number of nitrogens with zero attached hydrogens (tertiary/aromatic N) is 1. The lowest BCUT2D eigenvalue weighted by Gasteiger charge is -2.11. The summed E-state index contributed by atoms with van der Waals surface area (Å²) in [7, 11) is 0. The van der Waals surface area contributed by atoms with Crippen molar-refractivity contribution in [2.75, 3.05) is 13.2 Å². The molecule has 0 aliphatic rings. The van der Waals surface area contributed by atoms with Crippen LogP contribution < -0.4 is 10.2 Å². The number of hydrazone groups is 1. The molecule has 0 radical (unpaired) electrons. The summed E-state index contributed by atoms with van der Waals surface area (Å²) in [6.07, 6.45) is 1.79. The summed E-state index contributed by atoms with van der Waals surface area (Å²) in [6.45, 7) is 5.84. The van der Waals surface area contributed by atoms with Gasteiger partial charge in [0.1, 0.15) is 5.75 Å². The second-order valence-corrected chi connectivity index (χ2v) is 7.19. The second-order valence-electron chi connectivity index (χ2n) is 7.19. The number of rotatable bonds is 8. The highest BCUT2D eigenvalue weighted by atomic mass is 16.6. The lowest BCUT2D eigenvalue weighted by molar-refractivity contribution is -0.145. The first-order chi connectivity index (χ1) is 15.0. The summed E-state index contributed by atoms with van der Waals surface area (Å²) in [4.78, 5) is 24.0. The Morgan fingerprint density at radius 2 is 1.87 bits per heavy atom. The van der Waals surface area contributed by atoms with Crippen molar-refractivity contribution in [1.29, 1.82) is 0 Å². The highest BCUT2D eigenvalue weighted by Gasteiger charge is 2.11. The zero-order chi connectivity index (χ0) is 22.2. The Morgan fingerprint density at radius 3 is 2.65 bits per heavy atom. The van der Waals surface area contributed by atoms with Crippen LogP contribution in [0.5, 0.6) is 5.75 Å². The van der Waals surface area contributed by atoms with Crippen LogP contribution in [0.25, 0.3) is 10.8 Å². The van der Waals surface area contributed by atoms with Crippen molar-refractivity contribution in [1.82, 2.24) is 5.43 Å². The molecule has 0 heterocycles. The van der Waals surface area contributed by atoms with Crippen molar-refractivity contribution in [3.05, 3.63) is 76.9 Å². The number of hydrogen-bond donors (Lipinski definition) is 1. The van der Waals surface area contributed by atoms with Gasteiger partial charge in [0.2, 0.25) is 5.91 Å². The number of fused-ring (bicyclic) bond motifs is 1. The lowest BCUT2D eigenvalue weighted by Crippen LogP contribution is -2.20. The van der Waals surface area contributed by atoms with Crippen molar-refractivity contribution >= 4 is 28.9 Å². The zero-order valence-electron chi connectivity index (χ0n) is 18.0. The van der Waals surface area contributed by atoms with E-state index in [0.29, 0.717) is 17.9 Å². The molecule has 31 heavy (non-hydrogen) atoms. The summed E-state index contributed by atoms with van der Waals surface area (Å²) >= 11 is 0. The Kier molecular flexibility index (Phi) is 7.38.